The Balaban J connectivity index is 2.41. The zero-order valence-corrected chi connectivity index (χ0v) is 9.19. The van der Waals surface area contributed by atoms with Crippen molar-refractivity contribution in [1.29, 1.82) is 0 Å². The SMILES string of the molecule is O=C(CCl)Nc1cc2c(cc1[N+](=O)[O-])OCO2. The Labute approximate surface area is 100 Å². The fourth-order valence-corrected chi connectivity index (χ4v) is 1.43. The quantitative estimate of drug-likeness (QED) is 0.504. The summed E-state index contributed by atoms with van der Waals surface area (Å²) in [6.45, 7) is -0.000602. The summed E-state index contributed by atoms with van der Waals surface area (Å²) >= 11 is 5.31. The van der Waals surface area contributed by atoms with Gasteiger partial charge in [0, 0.05) is 6.07 Å². The van der Waals surface area contributed by atoms with E-state index in [1.165, 1.54) is 12.1 Å². The standard InChI is InChI=1S/C9H7ClN2O5/c10-3-9(13)11-5-1-7-8(17-4-16-7)2-6(5)12(14)15/h1-2H,3-4H2,(H,11,13). The molecule has 1 heterocycles. The lowest BCUT2D eigenvalue weighted by molar-refractivity contribution is -0.384. The lowest BCUT2D eigenvalue weighted by Crippen LogP contribution is -2.13. The van der Waals surface area contributed by atoms with E-state index < -0.39 is 10.8 Å². The Hall–Kier alpha value is -2.02. The first-order chi connectivity index (χ1) is 8.11. The molecule has 1 N–H and O–H groups in total. The molecule has 0 aliphatic carbocycles. The van der Waals surface area contributed by atoms with Gasteiger partial charge in [0.15, 0.2) is 11.5 Å². The van der Waals surface area contributed by atoms with Gasteiger partial charge in [-0.15, -0.1) is 11.6 Å². The van der Waals surface area contributed by atoms with Gasteiger partial charge in [0.1, 0.15) is 11.6 Å². The minimum Gasteiger partial charge on any atom is -0.454 e. The fraction of sp³-hybridized carbons (Fsp3) is 0.222. The van der Waals surface area contributed by atoms with Crippen LogP contribution in [0.25, 0.3) is 0 Å². The number of nitro groups is 1. The Morgan fingerprint density at radius 1 is 1.47 bits per heavy atom. The van der Waals surface area contributed by atoms with Crippen molar-refractivity contribution in [2.75, 3.05) is 18.0 Å². The smallest absolute Gasteiger partial charge is 0.296 e. The highest BCUT2D eigenvalue weighted by atomic mass is 35.5. The highest BCUT2D eigenvalue weighted by molar-refractivity contribution is 6.29. The van der Waals surface area contributed by atoms with E-state index in [4.69, 9.17) is 21.1 Å². The zero-order valence-electron chi connectivity index (χ0n) is 8.44. The van der Waals surface area contributed by atoms with Crippen molar-refractivity contribution >= 4 is 28.9 Å². The van der Waals surface area contributed by atoms with E-state index in [1.807, 2.05) is 0 Å². The molecule has 0 bridgehead atoms. The van der Waals surface area contributed by atoms with Crippen LogP contribution in [0, 0.1) is 10.1 Å². The summed E-state index contributed by atoms with van der Waals surface area (Å²) in [5.41, 5.74) is -0.238. The number of hydrogen-bond donors (Lipinski definition) is 1. The maximum atomic E-state index is 11.1. The number of nitro benzene ring substituents is 1. The lowest BCUT2D eigenvalue weighted by atomic mass is 10.2. The summed E-state index contributed by atoms with van der Waals surface area (Å²) in [4.78, 5) is 21.3. The average Bonchev–Trinajstić information content (AvgIpc) is 2.74. The topological polar surface area (TPSA) is 90.7 Å². The third kappa shape index (κ3) is 2.23. The van der Waals surface area contributed by atoms with E-state index in [2.05, 4.69) is 5.32 Å². The van der Waals surface area contributed by atoms with Crippen LogP contribution in [0.5, 0.6) is 11.5 Å². The second kappa shape index (κ2) is 4.46. The van der Waals surface area contributed by atoms with E-state index in [0.717, 1.165) is 0 Å². The van der Waals surface area contributed by atoms with E-state index in [0.29, 0.717) is 5.75 Å². The number of halogens is 1. The number of carbonyl (C=O) groups excluding carboxylic acids is 1. The van der Waals surface area contributed by atoms with Gasteiger partial charge in [0.05, 0.1) is 11.0 Å². The number of nitrogens with one attached hydrogen (secondary N) is 1. The molecule has 0 fully saturated rings. The highest BCUT2D eigenvalue weighted by Gasteiger charge is 2.24. The molecule has 0 radical (unpaired) electrons. The molecule has 0 atom stereocenters. The number of benzene rings is 1. The summed E-state index contributed by atoms with van der Waals surface area (Å²) < 4.78 is 10.1. The molecule has 1 aromatic rings. The molecular weight excluding hydrogens is 252 g/mol. The van der Waals surface area contributed by atoms with Crippen molar-refractivity contribution in [1.82, 2.24) is 0 Å². The number of ether oxygens (including phenoxy) is 2. The van der Waals surface area contributed by atoms with Crippen LogP contribution in [0.15, 0.2) is 12.1 Å². The lowest BCUT2D eigenvalue weighted by Gasteiger charge is -2.05. The monoisotopic (exact) mass is 258 g/mol. The van der Waals surface area contributed by atoms with Crippen LogP contribution in [0.3, 0.4) is 0 Å². The van der Waals surface area contributed by atoms with E-state index >= 15 is 0 Å². The van der Waals surface area contributed by atoms with Gasteiger partial charge in [-0.2, -0.15) is 0 Å². The first-order valence-electron chi connectivity index (χ1n) is 4.55. The number of hydrogen-bond acceptors (Lipinski definition) is 5. The Bertz CT molecular complexity index is 491. The van der Waals surface area contributed by atoms with Crippen LogP contribution in [-0.2, 0) is 4.79 Å². The second-order valence-corrected chi connectivity index (χ2v) is 3.43. The third-order valence-corrected chi connectivity index (χ3v) is 2.33. The van der Waals surface area contributed by atoms with Crippen molar-refractivity contribution in [3.63, 3.8) is 0 Å². The predicted octanol–water partition coefficient (Wildman–Crippen LogP) is 1.50. The van der Waals surface area contributed by atoms with Crippen LogP contribution in [-0.4, -0.2) is 23.5 Å². The van der Waals surface area contributed by atoms with Crippen LogP contribution < -0.4 is 14.8 Å². The molecule has 1 amide bonds. The number of carbonyl (C=O) groups is 1. The van der Waals surface area contributed by atoms with Crippen molar-refractivity contribution in [3.05, 3.63) is 22.2 Å². The molecule has 1 aromatic carbocycles. The molecule has 1 aliphatic rings. The van der Waals surface area contributed by atoms with Crippen LogP contribution in [0.1, 0.15) is 0 Å². The zero-order chi connectivity index (χ0) is 12.4. The van der Waals surface area contributed by atoms with Gasteiger partial charge in [-0.25, -0.2) is 0 Å². The molecule has 0 spiro atoms. The molecule has 0 saturated heterocycles. The molecule has 7 nitrogen and oxygen atoms in total. The highest BCUT2D eigenvalue weighted by Crippen LogP contribution is 2.40. The van der Waals surface area contributed by atoms with E-state index in [1.54, 1.807) is 0 Å². The first kappa shape index (κ1) is 11.5. The summed E-state index contributed by atoms with van der Waals surface area (Å²) in [6.07, 6.45) is 0. The molecule has 0 aromatic heterocycles. The normalized spacial score (nSPS) is 12.3. The molecule has 0 unspecified atom stereocenters. The summed E-state index contributed by atoms with van der Waals surface area (Å²) in [5, 5.41) is 13.1. The van der Waals surface area contributed by atoms with Crippen molar-refractivity contribution in [2.24, 2.45) is 0 Å². The molecular formula is C9H7ClN2O5. The summed E-state index contributed by atoms with van der Waals surface area (Å²) in [5.74, 6) is -0.194. The minimum atomic E-state index is -0.619. The molecule has 90 valence electrons. The van der Waals surface area contributed by atoms with Crippen LogP contribution in [0.2, 0.25) is 0 Å². The molecule has 0 saturated carbocycles. The third-order valence-electron chi connectivity index (χ3n) is 2.08. The van der Waals surface area contributed by atoms with Gasteiger partial charge in [-0.1, -0.05) is 0 Å². The van der Waals surface area contributed by atoms with Gasteiger partial charge < -0.3 is 14.8 Å². The molecule has 17 heavy (non-hydrogen) atoms. The number of rotatable bonds is 3. The summed E-state index contributed by atoms with van der Waals surface area (Å²) in [6, 6.07) is 2.54. The molecule has 2 rings (SSSR count). The Kier molecular flexibility index (Phi) is 3.01. The Morgan fingerprint density at radius 2 is 2.12 bits per heavy atom. The number of alkyl halides is 1. The van der Waals surface area contributed by atoms with Gasteiger partial charge in [0.25, 0.3) is 5.69 Å². The molecule has 8 heteroatoms. The number of nitrogens with zero attached hydrogens (tertiary/aromatic N) is 1. The average molecular weight is 259 g/mol. The maximum Gasteiger partial charge on any atom is 0.296 e. The second-order valence-electron chi connectivity index (χ2n) is 3.16. The largest absolute Gasteiger partial charge is 0.454 e. The van der Waals surface area contributed by atoms with Crippen molar-refractivity contribution in [3.8, 4) is 11.5 Å². The van der Waals surface area contributed by atoms with Gasteiger partial charge in [0.2, 0.25) is 12.7 Å². The first-order valence-corrected chi connectivity index (χ1v) is 5.09. The number of fused-ring (bicyclic) bond motifs is 1. The van der Waals surface area contributed by atoms with Gasteiger partial charge in [-0.05, 0) is 0 Å². The maximum absolute atomic E-state index is 11.1. The number of anilines is 1. The van der Waals surface area contributed by atoms with E-state index in [9.17, 15) is 14.9 Å². The minimum absolute atomic E-state index is 0.000602. The molecule has 1 aliphatic heterocycles. The Morgan fingerprint density at radius 3 is 2.71 bits per heavy atom. The fourth-order valence-electron chi connectivity index (χ4n) is 1.37. The summed E-state index contributed by atoms with van der Waals surface area (Å²) in [7, 11) is 0. The van der Waals surface area contributed by atoms with Crippen LogP contribution in [0.4, 0.5) is 11.4 Å². The van der Waals surface area contributed by atoms with E-state index in [-0.39, 0.29) is 29.8 Å². The van der Waals surface area contributed by atoms with Gasteiger partial charge in [-0.3, -0.25) is 14.9 Å². The van der Waals surface area contributed by atoms with Gasteiger partial charge >= 0.3 is 0 Å². The van der Waals surface area contributed by atoms with Crippen LogP contribution >= 0.6 is 11.6 Å². The predicted molar refractivity (Wildman–Crippen MR) is 58.6 cm³/mol. The van der Waals surface area contributed by atoms with Crippen molar-refractivity contribution in [2.45, 2.75) is 0 Å². The number of amides is 1. The van der Waals surface area contributed by atoms with Crippen molar-refractivity contribution < 1.29 is 19.2 Å².